The number of rotatable bonds is 9. The van der Waals surface area contributed by atoms with Crippen LogP contribution in [0.25, 0.3) is 0 Å². The smallest absolute Gasteiger partial charge is 0.247 e. The molecule has 0 unspecified atom stereocenters. The summed E-state index contributed by atoms with van der Waals surface area (Å²) in [7, 11) is 0. The number of hydrogen-bond donors (Lipinski definition) is 5. The molecule has 37 heavy (non-hydrogen) atoms. The predicted octanol–water partition coefficient (Wildman–Crippen LogP) is -1.22. The maximum atomic E-state index is 13.9. The first kappa shape index (κ1) is 28.5. The van der Waals surface area contributed by atoms with Gasteiger partial charge in [-0.2, -0.15) is 0 Å². The molecule has 204 valence electrons. The first-order valence-corrected chi connectivity index (χ1v) is 12.5. The van der Waals surface area contributed by atoms with Crippen molar-refractivity contribution < 1.29 is 33.8 Å². The van der Waals surface area contributed by atoms with E-state index in [0.717, 1.165) is 0 Å². The quantitative estimate of drug-likeness (QED) is 0.270. The van der Waals surface area contributed by atoms with E-state index in [0.29, 0.717) is 24.8 Å². The first-order valence-electron chi connectivity index (χ1n) is 12.5. The molecule has 2 fully saturated rings. The van der Waals surface area contributed by atoms with Crippen LogP contribution in [0.15, 0.2) is 24.3 Å². The fourth-order valence-electron chi connectivity index (χ4n) is 5.21. The predicted molar refractivity (Wildman–Crippen MR) is 131 cm³/mol. The second-order valence-electron chi connectivity index (χ2n) is 9.98. The van der Waals surface area contributed by atoms with Crippen LogP contribution in [-0.4, -0.2) is 92.6 Å². The van der Waals surface area contributed by atoms with Gasteiger partial charge in [-0.1, -0.05) is 12.1 Å². The van der Waals surface area contributed by atoms with Crippen molar-refractivity contribution in [2.75, 3.05) is 13.1 Å². The minimum Gasteiger partial charge on any atom is -0.391 e. The normalized spacial score (nSPS) is 24.9. The Bertz CT molecular complexity index is 1020. The number of amides is 4. The molecule has 0 saturated carbocycles. The molecule has 2 aliphatic rings. The van der Waals surface area contributed by atoms with Crippen molar-refractivity contribution >= 4 is 23.6 Å². The van der Waals surface area contributed by atoms with Crippen molar-refractivity contribution in [3.8, 4) is 0 Å². The van der Waals surface area contributed by atoms with Gasteiger partial charge >= 0.3 is 0 Å². The molecule has 0 aliphatic carbocycles. The number of carbonyl (C=O) groups is 4. The van der Waals surface area contributed by atoms with Gasteiger partial charge in [-0.05, 0) is 57.2 Å². The van der Waals surface area contributed by atoms with Crippen molar-refractivity contribution in [1.82, 2.24) is 15.1 Å². The van der Waals surface area contributed by atoms with E-state index >= 15 is 0 Å². The number of nitrogens with zero attached hydrogens (tertiary/aromatic N) is 2. The molecular weight excluding hydrogens is 485 g/mol. The average molecular weight is 522 g/mol. The van der Waals surface area contributed by atoms with E-state index in [2.05, 4.69) is 5.32 Å². The number of nitrogens with one attached hydrogen (secondary N) is 1. The van der Waals surface area contributed by atoms with Gasteiger partial charge < -0.3 is 36.8 Å². The Labute approximate surface area is 215 Å². The minimum atomic E-state index is -1.47. The zero-order chi connectivity index (χ0) is 27.5. The Kier molecular flexibility index (Phi) is 8.88. The summed E-state index contributed by atoms with van der Waals surface area (Å²) < 4.78 is 13.6. The Hall–Kier alpha value is -3.09. The maximum absolute atomic E-state index is 13.9. The highest BCUT2D eigenvalue weighted by Crippen LogP contribution is 2.36. The van der Waals surface area contributed by atoms with Crippen LogP contribution in [0, 0.1) is 5.82 Å². The van der Waals surface area contributed by atoms with Crippen LogP contribution >= 0.6 is 0 Å². The third-order valence-electron chi connectivity index (χ3n) is 7.29. The number of halogens is 1. The molecule has 0 aromatic heterocycles. The second kappa shape index (κ2) is 11.5. The van der Waals surface area contributed by atoms with Gasteiger partial charge in [0.1, 0.15) is 29.5 Å². The lowest BCUT2D eigenvalue weighted by Gasteiger charge is -2.41. The molecule has 6 atom stereocenters. The van der Waals surface area contributed by atoms with Gasteiger partial charge in [-0.3, -0.25) is 19.2 Å². The van der Waals surface area contributed by atoms with Gasteiger partial charge in [0, 0.05) is 19.5 Å². The number of nitrogens with two attached hydrogens (primary N) is 2. The van der Waals surface area contributed by atoms with E-state index < -0.39 is 65.3 Å². The Morgan fingerprint density at radius 3 is 2.32 bits per heavy atom. The summed E-state index contributed by atoms with van der Waals surface area (Å²) >= 11 is 0. The zero-order valence-electron chi connectivity index (χ0n) is 21.1. The lowest BCUT2D eigenvalue weighted by atomic mass is 9.86. The second-order valence-corrected chi connectivity index (χ2v) is 9.98. The van der Waals surface area contributed by atoms with E-state index in [4.69, 9.17) is 11.5 Å². The van der Waals surface area contributed by atoms with E-state index in [1.807, 2.05) is 0 Å². The number of likely N-dealkylation sites (tertiary alicyclic amines) is 2. The van der Waals surface area contributed by atoms with Crippen molar-refractivity contribution in [2.45, 2.75) is 81.8 Å². The van der Waals surface area contributed by atoms with Crippen molar-refractivity contribution in [3.63, 3.8) is 0 Å². The zero-order valence-corrected chi connectivity index (χ0v) is 21.1. The van der Waals surface area contributed by atoms with Crippen LogP contribution in [0.2, 0.25) is 0 Å². The third kappa shape index (κ3) is 5.91. The highest BCUT2D eigenvalue weighted by molar-refractivity contribution is 5.98. The summed E-state index contributed by atoms with van der Waals surface area (Å²) in [6.45, 7) is 3.20. The molecule has 12 heteroatoms. The molecular formula is C25H36FN5O6. The van der Waals surface area contributed by atoms with Crippen molar-refractivity contribution in [1.29, 1.82) is 0 Å². The lowest BCUT2D eigenvalue weighted by molar-refractivity contribution is -0.152. The summed E-state index contributed by atoms with van der Waals surface area (Å²) in [5, 5.41) is 22.3. The number of primary amides is 1. The SMILES string of the molecule is C[C@@H](O)[C@H](N)C(=O)N1CCC[C@H]1C(=O)N1CCC[C@@]1(Cc1ccc(F)cc1)C(=O)N[C@H](C(N)=O)[C@@H](C)O. The van der Waals surface area contributed by atoms with Gasteiger partial charge in [-0.15, -0.1) is 0 Å². The number of aliphatic hydroxyl groups excluding tert-OH is 2. The summed E-state index contributed by atoms with van der Waals surface area (Å²) in [5.74, 6) is -3.08. The average Bonchev–Trinajstić information content (AvgIpc) is 3.50. The van der Waals surface area contributed by atoms with Crippen LogP contribution in [-0.2, 0) is 25.6 Å². The molecule has 1 aromatic rings. The molecule has 1 aromatic carbocycles. The molecule has 7 N–H and O–H groups in total. The minimum absolute atomic E-state index is 0.0179. The molecule has 0 bridgehead atoms. The van der Waals surface area contributed by atoms with Crippen molar-refractivity contribution in [2.24, 2.45) is 11.5 Å². The highest BCUT2D eigenvalue weighted by Gasteiger charge is 2.53. The standard InChI is InChI=1S/C25H36FN5O6/c1-14(32)19(27)23(36)30-11-3-5-18(30)22(35)31-12-4-10-25(31,13-16-6-8-17(26)9-7-16)24(37)29-20(15(2)33)21(28)34/h6-9,14-15,18-20,32-33H,3-5,10-13,27H2,1-2H3,(H2,28,34)(H,29,37)/t14-,15-,18+,19+,20+,25-/m1/s1. The monoisotopic (exact) mass is 521 g/mol. The summed E-state index contributed by atoms with van der Waals surface area (Å²) in [5.41, 5.74) is 10.3. The van der Waals surface area contributed by atoms with Crippen LogP contribution in [0.5, 0.6) is 0 Å². The van der Waals surface area contributed by atoms with E-state index in [-0.39, 0.29) is 25.9 Å². The topological polar surface area (TPSA) is 179 Å². The molecule has 11 nitrogen and oxygen atoms in total. The van der Waals surface area contributed by atoms with Gasteiger partial charge in [0.25, 0.3) is 0 Å². The van der Waals surface area contributed by atoms with Crippen LogP contribution in [0.1, 0.15) is 45.1 Å². The fourth-order valence-corrected chi connectivity index (χ4v) is 5.21. The van der Waals surface area contributed by atoms with E-state index in [1.165, 1.54) is 47.9 Å². The Morgan fingerprint density at radius 2 is 1.76 bits per heavy atom. The van der Waals surface area contributed by atoms with Crippen molar-refractivity contribution in [3.05, 3.63) is 35.6 Å². The summed E-state index contributed by atoms with van der Waals surface area (Å²) in [4.78, 5) is 55.3. The molecule has 0 radical (unpaired) electrons. The van der Waals surface area contributed by atoms with Crippen LogP contribution in [0.3, 0.4) is 0 Å². The summed E-state index contributed by atoms with van der Waals surface area (Å²) in [6, 6.07) is 2.07. The number of benzene rings is 1. The molecule has 2 saturated heterocycles. The van der Waals surface area contributed by atoms with Gasteiger partial charge in [0.15, 0.2) is 0 Å². The number of carbonyl (C=O) groups excluding carboxylic acids is 4. The Balaban J connectivity index is 1.97. The van der Waals surface area contributed by atoms with E-state index in [1.54, 1.807) is 0 Å². The summed E-state index contributed by atoms with van der Waals surface area (Å²) in [6.07, 6.45) is -0.759. The number of aliphatic hydroxyl groups is 2. The van der Waals surface area contributed by atoms with E-state index in [9.17, 15) is 33.8 Å². The third-order valence-corrected chi connectivity index (χ3v) is 7.29. The number of hydrogen-bond acceptors (Lipinski definition) is 7. The van der Waals surface area contributed by atoms with Gasteiger partial charge in [-0.25, -0.2) is 4.39 Å². The largest absolute Gasteiger partial charge is 0.391 e. The lowest BCUT2D eigenvalue weighted by Crippen LogP contribution is -2.65. The molecule has 2 aliphatic heterocycles. The Morgan fingerprint density at radius 1 is 1.11 bits per heavy atom. The van der Waals surface area contributed by atoms with Gasteiger partial charge in [0.05, 0.1) is 12.2 Å². The van der Waals surface area contributed by atoms with Gasteiger partial charge in [0.2, 0.25) is 23.6 Å². The van der Waals surface area contributed by atoms with Crippen LogP contribution < -0.4 is 16.8 Å². The fraction of sp³-hybridized carbons (Fsp3) is 0.600. The highest BCUT2D eigenvalue weighted by atomic mass is 19.1. The van der Waals surface area contributed by atoms with Crippen LogP contribution in [0.4, 0.5) is 4.39 Å². The molecule has 4 amide bonds. The maximum Gasteiger partial charge on any atom is 0.247 e. The molecule has 0 spiro atoms. The first-order chi connectivity index (χ1) is 17.4. The molecule has 3 rings (SSSR count). The molecule has 2 heterocycles.